The van der Waals surface area contributed by atoms with Gasteiger partial charge in [-0.3, -0.25) is 0 Å². The predicted molar refractivity (Wildman–Crippen MR) is 75.0 cm³/mol. The number of sulfone groups is 1. The number of urea groups is 1. The summed E-state index contributed by atoms with van der Waals surface area (Å²) in [4.78, 5) is 11.8. The molecule has 110 valence electrons. The van der Waals surface area contributed by atoms with Crippen molar-refractivity contribution < 1.29 is 17.6 Å². The van der Waals surface area contributed by atoms with E-state index in [2.05, 4.69) is 10.6 Å². The van der Waals surface area contributed by atoms with Crippen LogP contribution in [0.4, 0.5) is 14.9 Å². The maximum absolute atomic E-state index is 13.1. The number of nitrogens with one attached hydrogen (secondary N) is 2. The molecule has 20 heavy (non-hydrogen) atoms. The average molecular weight is 300 g/mol. The Morgan fingerprint density at radius 3 is 2.55 bits per heavy atom. The quantitative estimate of drug-likeness (QED) is 0.875. The van der Waals surface area contributed by atoms with Crippen LogP contribution >= 0.6 is 0 Å². The van der Waals surface area contributed by atoms with Gasteiger partial charge in [-0.05, 0) is 43.5 Å². The predicted octanol–water partition coefficient (Wildman–Crippen LogP) is 1.83. The van der Waals surface area contributed by atoms with Crippen molar-refractivity contribution >= 4 is 21.6 Å². The van der Waals surface area contributed by atoms with Crippen LogP contribution in [0.15, 0.2) is 18.2 Å². The van der Waals surface area contributed by atoms with Gasteiger partial charge in [0.05, 0.1) is 11.5 Å². The first kappa shape index (κ1) is 14.8. The van der Waals surface area contributed by atoms with Gasteiger partial charge < -0.3 is 10.6 Å². The molecule has 1 aliphatic heterocycles. The van der Waals surface area contributed by atoms with Crippen molar-refractivity contribution in [3.63, 3.8) is 0 Å². The summed E-state index contributed by atoms with van der Waals surface area (Å²) in [5.74, 6) is -0.116. The van der Waals surface area contributed by atoms with E-state index in [0.717, 1.165) is 0 Å². The van der Waals surface area contributed by atoms with Crippen LogP contribution < -0.4 is 10.6 Å². The zero-order chi connectivity index (χ0) is 14.8. The van der Waals surface area contributed by atoms with Crippen molar-refractivity contribution in [3.8, 4) is 0 Å². The highest BCUT2D eigenvalue weighted by Crippen LogP contribution is 2.15. The number of benzene rings is 1. The van der Waals surface area contributed by atoms with Crippen molar-refractivity contribution in [2.24, 2.45) is 0 Å². The zero-order valence-corrected chi connectivity index (χ0v) is 12.0. The number of anilines is 1. The van der Waals surface area contributed by atoms with Gasteiger partial charge in [-0.2, -0.15) is 0 Å². The molecular formula is C13H17FN2O3S. The van der Waals surface area contributed by atoms with Crippen LogP contribution in [0.3, 0.4) is 0 Å². The summed E-state index contributed by atoms with van der Waals surface area (Å²) < 4.78 is 35.7. The molecule has 0 saturated carbocycles. The van der Waals surface area contributed by atoms with E-state index >= 15 is 0 Å². The van der Waals surface area contributed by atoms with Crippen molar-refractivity contribution in [1.29, 1.82) is 0 Å². The number of amides is 2. The Bertz CT molecular complexity index is 602. The van der Waals surface area contributed by atoms with Crippen LogP contribution in [0.5, 0.6) is 0 Å². The molecule has 0 aromatic heterocycles. The molecule has 1 fully saturated rings. The Kier molecular flexibility index (Phi) is 4.27. The lowest BCUT2D eigenvalue weighted by atomic mass is 10.1. The Hall–Kier alpha value is -1.63. The second-order valence-electron chi connectivity index (χ2n) is 4.99. The van der Waals surface area contributed by atoms with Gasteiger partial charge in [0.15, 0.2) is 0 Å². The normalized spacial score (nSPS) is 18.5. The van der Waals surface area contributed by atoms with Gasteiger partial charge in [0, 0.05) is 11.7 Å². The third-order valence-electron chi connectivity index (χ3n) is 3.31. The monoisotopic (exact) mass is 300 g/mol. The molecule has 2 N–H and O–H groups in total. The Morgan fingerprint density at radius 2 is 1.95 bits per heavy atom. The van der Waals surface area contributed by atoms with Crippen molar-refractivity contribution in [1.82, 2.24) is 5.32 Å². The second-order valence-corrected chi connectivity index (χ2v) is 7.29. The van der Waals surface area contributed by atoms with E-state index in [1.807, 2.05) is 0 Å². The van der Waals surface area contributed by atoms with E-state index in [1.165, 1.54) is 12.1 Å². The molecule has 7 heteroatoms. The molecule has 0 atom stereocenters. The lowest BCUT2D eigenvalue weighted by Gasteiger charge is -2.23. The molecule has 1 aromatic rings. The fourth-order valence-electron chi connectivity index (χ4n) is 2.11. The van der Waals surface area contributed by atoms with Gasteiger partial charge in [0.25, 0.3) is 0 Å². The van der Waals surface area contributed by atoms with E-state index < -0.39 is 15.9 Å². The number of hydrogen-bond acceptors (Lipinski definition) is 3. The topological polar surface area (TPSA) is 75.3 Å². The summed E-state index contributed by atoms with van der Waals surface area (Å²) in [5, 5.41) is 5.34. The number of hydrogen-bond donors (Lipinski definition) is 2. The molecule has 1 saturated heterocycles. The van der Waals surface area contributed by atoms with E-state index in [-0.39, 0.29) is 23.4 Å². The van der Waals surface area contributed by atoms with E-state index in [1.54, 1.807) is 13.0 Å². The summed E-state index contributed by atoms with van der Waals surface area (Å²) >= 11 is 0. The van der Waals surface area contributed by atoms with Gasteiger partial charge in [-0.25, -0.2) is 17.6 Å². The Balaban J connectivity index is 1.88. The lowest BCUT2D eigenvalue weighted by molar-refractivity contribution is 0.247. The molecule has 5 nitrogen and oxygen atoms in total. The minimum atomic E-state index is -2.93. The van der Waals surface area contributed by atoms with Crippen molar-refractivity contribution in [2.45, 2.75) is 25.8 Å². The number of rotatable bonds is 2. The van der Waals surface area contributed by atoms with Gasteiger partial charge >= 0.3 is 6.03 Å². The molecule has 0 aliphatic carbocycles. The fourth-order valence-corrected chi connectivity index (χ4v) is 3.60. The van der Waals surface area contributed by atoms with Gasteiger partial charge in [0.1, 0.15) is 15.7 Å². The van der Waals surface area contributed by atoms with E-state index in [4.69, 9.17) is 0 Å². The van der Waals surface area contributed by atoms with Crippen molar-refractivity contribution in [3.05, 3.63) is 29.6 Å². The number of aryl methyl sites for hydroxylation is 1. The van der Waals surface area contributed by atoms with Crippen LogP contribution in [0.2, 0.25) is 0 Å². The summed E-state index contributed by atoms with van der Waals surface area (Å²) in [6.07, 6.45) is 0.858. The van der Waals surface area contributed by atoms with E-state index in [9.17, 15) is 17.6 Å². The van der Waals surface area contributed by atoms with Crippen LogP contribution in [-0.2, 0) is 9.84 Å². The average Bonchev–Trinajstić information content (AvgIpc) is 2.36. The third kappa shape index (κ3) is 3.93. The zero-order valence-electron chi connectivity index (χ0n) is 11.1. The Labute approximate surface area is 117 Å². The lowest BCUT2D eigenvalue weighted by Crippen LogP contribution is -2.42. The number of halogens is 1. The molecule has 2 rings (SSSR count). The molecular weight excluding hydrogens is 283 g/mol. The summed E-state index contributed by atoms with van der Waals surface area (Å²) in [6, 6.07) is 3.77. The van der Waals surface area contributed by atoms with Crippen LogP contribution in [-0.4, -0.2) is 32.0 Å². The van der Waals surface area contributed by atoms with Crippen molar-refractivity contribution in [2.75, 3.05) is 16.8 Å². The maximum Gasteiger partial charge on any atom is 0.319 e. The largest absolute Gasteiger partial charge is 0.335 e. The molecule has 2 amide bonds. The SMILES string of the molecule is Cc1cc(NC(=O)NC2CCS(=O)(=O)CC2)ccc1F. The highest BCUT2D eigenvalue weighted by Gasteiger charge is 2.24. The summed E-state index contributed by atoms with van der Waals surface area (Å²) in [7, 11) is -2.93. The first-order chi connectivity index (χ1) is 9.35. The molecule has 0 radical (unpaired) electrons. The Morgan fingerprint density at radius 1 is 1.30 bits per heavy atom. The molecule has 1 aromatic carbocycles. The fraction of sp³-hybridized carbons (Fsp3) is 0.462. The minimum absolute atomic E-state index is 0.105. The van der Waals surface area contributed by atoms with E-state index in [0.29, 0.717) is 24.1 Å². The molecule has 0 unspecified atom stereocenters. The van der Waals surface area contributed by atoms with Crippen LogP contribution in [0.1, 0.15) is 18.4 Å². The maximum atomic E-state index is 13.1. The number of carbonyl (C=O) groups is 1. The summed E-state index contributed by atoms with van der Waals surface area (Å²) in [6.45, 7) is 1.62. The van der Waals surface area contributed by atoms with Crippen LogP contribution in [0, 0.1) is 12.7 Å². The molecule has 0 spiro atoms. The van der Waals surface area contributed by atoms with Gasteiger partial charge in [-0.1, -0.05) is 0 Å². The smallest absolute Gasteiger partial charge is 0.319 e. The first-order valence-electron chi connectivity index (χ1n) is 6.40. The van der Waals surface area contributed by atoms with Crippen LogP contribution in [0.25, 0.3) is 0 Å². The first-order valence-corrected chi connectivity index (χ1v) is 8.22. The highest BCUT2D eigenvalue weighted by atomic mass is 32.2. The third-order valence-corrected chi connectivity index (χ3v) is 5.02. The highest BCUT2D eigenvalue weighted by molar-refractivity contribution is 7.91. The number of carbonyl (C=O) groups excluding carboxylic acids is 1. The van der Waals surface area contributed by atoms with Gasteiger partial charge in [0.2, 0.25) is 0 Å². The standard InChI is InChI=1S/C13H17FN2O3S/c1-9-8-11(2-3-12(9)14)16-13(17)15-10-4-6-20(18,19)7-5-10/h2-3,8,10H,4-7H2,1H3,(H2,15,16,17). The molecule has 0 bridgehead atoms. The summed E-state index contributed by atoms with van der Waals surface area (Å²) in [5.41, 5.74) is 0.955. The molecule has 1 aliphatic rings. The minimum Gasteiger partial charge on any atom is -0.335 e. The van der Waals surface area contributed by atoms with Gasteiger partial charge in [-0.15, -0.1) is 0 Å². The molecule has 1 heterocycles. The second kappa shape index (κ2) is 5.78.